The Hall–Kier alpha value is -1.05. The first-order valence-corrected chi connectivity index (χ1v) is 5.57. The second-order valence-electron chi connectivity index (χ2n) is 5.94. The number of hydrogen-bond donors (Lipinski definition) is 1. The van der Waals surface area contributed by atoms with Gasteiger partial charge in [0.25, 0.3) is 5.56 Å². The molecule has 0 unspecified atom stereocenters. The summed E-state index contributed by atoms with van der Waals surface area (Å²) >= 11 is 0. The number of aromatic nitrogens is 1. The maximum Gasteiger partial charge on any atom is 0.251 e. The molecule has 1 aliphatic rings. The van der Waals surface area contributed by atoms with Gasteiger partial charge in [-0.05, 0) is 35.3 Å². The molecule has 0 aromatic carbocycles. The third-order valence-electron chi connectivity index (χ3n) is 3.41. The molecule has 1 saturated carbocycles. The Morgan fingerprint density at radius 2 is 1.93 bits per heavy atom. The van der Waals surface area contributed by atoms with Crippen molar-refractivity contribution in [3.63, 3.8) is 0 Å². The zero-order valence-corrected chi connectivity index (χ0v) is 9.98. The topological polar surface area (TPSA) is 32.9 Å². The lowest BCUT2D eigenvalue weighted by Crippen LogP contribution is -2.25. The van der Waals surface area contributed by atoms with E-state index in [1.807, 2.05) is 6.20 Å². The minimum atomic E-state index is -0.0746. The molecule has 1 aromatic rings. The van der Waals surface area contributed by atoms with Crippen LogP contribution in [0, 0.1) is 0 Å². The molecule has 2 nitrogen and oxygen atoms in total. The van der Waals surface area contributed by atoms with Gasteiger partial charge in [-0.3, -0.25) is 4.79 Å². The SMILES string of the molecule is CC(C)(C)c1cc(C2(C)CC2)c[nH]c1=O. The molecule has 2 heteroatoms. The van der Waals surface area contributed by atoms with Crippen molar-refractivity contribution in [2.45, 2.75) is 51.4 Å². The van der Waals surface area contributed by atoms with E-state index in [0.29, 0.717) is 5.41 Å². The Kier molecular flexibility index (Phi) is 2.07. The van der Waals surface area contributed by atoms with Gasteiger partial charge in [-0.1, -0.05) is 27.7 Å². The van der Waals surface area contributed by atoms with Crippen LogP contribution in [0.25, 0.3) is 0 Å². The van der Waals surface area contributed by atoms with Crippen LogP contribution in [0.3, 0.4) is 0 Å². The van der Waals surface area contributed by atoms with Crippen molar-refractivity contribution < 1.29 is 0 Å². The van der Waals surface area contributed by atoms with Gasteiger partial charge in [-0.15, -0.1) is 0 Å². The van der Waals surface area contributed by atoms with Crippen LogP contribution in [0.5, 0.6) is 0 Å². The molecule has 1 aromatic heterocycles. The number of pyridine rings is 1. The summed E-state index contributed by atoms with van der Waals surface area (Å²) in [7, 11) is 0. The molecule has 0 atom stereocenters. The Bertz CT molecular complexity index is 433. The lowest BCUT2D eigenvalue weighted by atomic mass is 9.85. The Balaban J connectivity index is 2.51. The van der Waals surface area contributed by atoms with Gasteiger partial charge in [-0.2, -0.15) is 0 Å². The average molecular weight is 205 g/mol. The highest BCUT2D eigenvalue weighted by atomic mass is 16.1. The molecule has 0 spiro atoms. The van der Waals surface area contributed by atoms with E-state index in [2.05, 4.69) is 38.7 Å². The largest absolute Gasteiger partial charge is 0.329 e. The molecular weight excluding hydrogens is 186 g/mol. The second-order valence-corrected chi connectivity index (χ2v) is 5.94. The highest BCUT2D eigenvalue weighted by Gasteiger charge is 2.39. The van der Waals surface area contributed by atoms with Gasteiger partial charge in [0.2, 0.25) is 0 Å². The van der Waals surface area contributed by atoms with E-state index in [-0.39, 0.29) is 11.0 Å². The van der Waals surface area contributed by atoms with E-state index in [1.54, 1.807) is 0 Å². The van der Waals surface area contributed by atoms with Gasteiger partial charge in [0.1, 0.15) is 0 Å². The predicted molar refractivity (Wildman–Crippen MR) is 62.3 cm³/mol. The summed E-state index contributed by atoms with van der Waals surface area (Å²) in [5.74, 6) is 0. The van der Waals surface area contributed by atoms with Crippen LogP contribution in [-0.2, 0) is 10.8 Å². The van der Waals surface area contributed by atoms with Crippen LogP contribution in [0.15, 0.2) is 17.1 Å². The lowest BCUT2D eigenvalue weighted by Gasteiger charge is -2.19. The normalized spacial score (nSPS) is 18.9. The first-order valence-electron chi connectivity index (χ1n) is 5.57. The quantitative estimate of drug-likeness (QED) is 0.751. The third-order valence-corrected chi connectivity index (χ3v) is 3.41. The number of H-pyrrole nitrogens is 1. The molecule has 1 fully saturated rings. The van der Waals surface area contributed by atoms with E-state index < -0.39 is 0 Å². The summed E-state index contributed by atoms with van der Waals surface area (Å²) in [6.07, 6.45) is 4.36. The van der Waals surface area contributed by atoms with Gasteiger partial charge in [0.05, 0.1) is 0 Å². The maximum absolute atomic E-state index is 11.7. The molecule has 0 saturated heterocycles. The van der Waals surface area contributed by atoms with E-state index in [1.165, 1.54) is 18.4 Å². The summed E-state index contributed by atoms with van der Waals surface area (Å²) < 4.78 is 0. The van der Waals surface area contributed by atoms with Gasteiger partial charge < -0.3 is 4.98 Å². The molecule has 82 valence electrons. The molecule has 1 N–H and O–H groups in total. The first-order chi connectivity index (χ1) is 6.83. The van der Waals surface area contributed by atoms with Gasteiger partial charge in [0, 0.05) is 11.8 Å². The van der Waals surface area contributed by atoms with Crippen LogP contribution in [0.4, 0.5) is 0 Å². The van der Waals surface area contributed by atoms with E-state index in [4.69, 9.17) is 0 Å². The minimum absolute atomic E-state index is 0.0514. The van der Waals surface area contributed by atoms with Gasteiger partial charge in [0.15, 0.2) is 0 Å². The Morgan fingerprint density at radius 3 is 2.40 bits per heavy atom. The molecule has 1 aliphatic carbocycles. The van der Waals surface area contributed by atoms with Crippen LogP contribution >= 0.6 is 0 Å². The zero-order valence-electron chi connectivity index (χ0n) is 9.98. The molecular formula is C13H19NO. The monoisotopic (exact) mass is 205 g/mol. The average Bonchev–Trinajstić information content (AvgIpc) is 2.83. The fraction of sp³-hybridized carbons (Fsp3) is 0.615. The van der Waals surface area contributed by atoms with E-state index >= 15 is 0 Å². The second kappa shape index (κ2) is 2.97. The van der Waals surface area contributed by atoms with Crippen molar-refractivity contribution in [2.75, 3.05) is 0 Å². The number of hydrogen-bond acceptors (Lipinski definition) is 1. The van der Waals surface area contributed by atoms with Crippen molar-refractivity contribution in [1.82, 2.24) is 4.98 Å². The Labute approximate surface area is 90.7 Å². The fourth-order valence-corrected chi connectivity index (χ4v) is 1.87. The third kappa shape index (κ3) is 1.85. The van der Waals surface area contributed by atoms with Crippen molar-refractivity contribution in [1.29, 1.82) is 0 Å². The molecule has 15 heavy (non-hydrogen) atoms. The zero-order chi connectivity index (χ0) is 11.3. The van der Waals surface area contributed by atoms with Crippen LogP contribution in [0.1, 0.15) is 51.7 Å². The highest BCUT2D eigenvalue weighted by Crippen LogP contribution is 2.47. The van der Waals surface area contributed by atoms with Crippen LogP contribution in [0.2, 0.25) is 0 Å². The van der Waals surface area contributed by atoms with E-state index in [9.17, 15) is 4.79 Å². The standard InChI is InChI=1S/C13H19NO/c1-12(2,3)10-7-9(8-14-11(10)15)13(4)5-6-13/h7-8H,5-6H2,1-4H3,(H,14,15). The van der Waals surface area contributed by atoms with Crippen LogP contribution in [-0.4, -0.2) is 4.98 Å². The van der Waals surface area contributed by atoms with Gasteiger partial charge in [-0.25, -0.2) is 0 Å². The number of rotatable bonds is 1. The molecule has 0 radical (unpaired) electrons. The minimum Gasteiger partial charge on any atom is -0.329 e. The van der Waals surface area contributed by atoms with E-state index in [0.717, 1.165) is 5.56 Å². The number of nitrogens with one attached hydrogen (secondary N) is 1. The summed E-state index contributed by atoms with van der Waals surface area (Å²) in [4.78, 5) is 14.6. The lowest BCUT2D eigenvalue weighted by molar-refractivity contribution is 0.578. The maximum atomic E-state index is 11.7. The summed E-state index contributed by atoms with van der Waals surface area (Å²) in [5, 5.41) is 0. The van der Waals surface area contributed by atoms with Gasteiger partial charge >= 0.3 is 0 Å². The Morgan fingerprint density at radius 1 is 1.33 bits per heavy atom. The first kappa shape index (κ1) is 10.5. The molecule has 2 rings (SSSR count). The van der Waals surface area contributed by atoms with Crippen molar-refractivity contribution in [3.05, 3.63) is 33.7 Å². The molecule has 0 amide bonds. The molecule has 1 heterocycles. The van der Waals surface area contributed by atoms with Crippen molar-refractivity contribution in [2.24, 2.45) is 0 Å². The number of aromatic amines is 1. The summed E-state index contributed by atoms with van der Waals surface area (Å²) in [6, 6.07) is 2.09. The smallest absolute Gasteiger partial charge is 0.251 e. The molecule has 0 aliphatic heterocycles. The van der Waals surface area contributed by atoms with Crippen molar-refractivity contribution in [3.8, 4) is 0 Å². The summed E-state index contributed by atoms with van der Waals surface area (Å²) in [6.45, 7) is 8.50. The molecule has 0 bridgehead atoms. The summed E-state index contributed by atoms with van der Waals surface area (Å²) in [5.41, 5.74) is 2.48. The fourth-order valence-electron chi connectivity index (χ4n) is 1.87. The van der Waals surface area contributed by atoms with Crippen molar-refractivity contribution >= 4 is 0 Å². The predicted octanol–water partition coefficient (Wildman–Crippen LogP) is 2.72. The van der Waals surface area contributed by atoms with Crippen LogP contribution < -0.4 is 5.56 Å². The highest BCUT2D eigenvalue weighted by molar-refractivity contribution is 5.33.